The molecule has 0 amide bonds. The lowest BCUT2D eigenvalue weighted by molar-refractivity contribution is -0.113. The van der Waals surface area contributed by atoms with E-state index in [0.29, 0.717) is 6.42 Å². The Hall–Kier alpha value is -1.77. The standard InChI is InChI=1S/C13H15NO2/c1-9(15)11-6-10-7-12(14(2)3)4-5-13(10)16-8-11/h4-5,7-8H,6H2,1-3H3. The highest BCUT2D eigenvalue weighted by Crippen LogP contribution is 2.30. The summed E-state index contributed by atoms with van der Waals surface area (Å²) in [5, 5.41) is 0. The van der Waals surface area contributed by atoms with Crippen LogP contribution in [-0.4, -0.2) is 19.9 Å². The lowest BCUT2D eigenvalue weighted by Gasteiger charge is -2.19. The molecule has 0 N–H and O–H groups in total. The monoisotopic (exact) mass is 217 g/mol. The molecular weight excluding hydrogens is 202 g/mol. The smallest absolute Gasteiger partial charge is 0.159 e. The van der Waals surface area contributed by atoms with Crippen molar-refractivity contribution in [1.29, 1.82) is 0 Å². The Morgan fingerprint density at radius 3 is 2.75 bits per heavy atom. The van der Waals surface area contributed by atoms with Crippen LogP contribution >= 0.6 is 0 Å². The highest BCUT2D eigenvalue weighted by molar-refractivity contribution is 5.94. The van der Waals surface area contributed by atoms with Crippen molar-refractivity contribution in [2.45, 2.75) is 13.3 Å². The second-order valence-corrected chi connectivity index (χ2v) is 4.18. The van der Waals surface area contributed by atoms with E-state index in [1.807, 2.05) is 31.1 Å². The van der Waals surface area contributed by atoms with Gasteiger partial charge in [0.1, 0.15) is 5.75 Å². The van der Waals surface area contributed by atoms with Crippen LogP contribution in [0.25, 0.3) is 0 Å². The number of allylic oxidation sites excluding steroid dienone is 1. The number of ketones is 1. The number of benzene rings is 1. The van der Waals surface area contributed by atoms with E-state index in [2.05, 4.69) is 6.07 Å². The quantitative estimate of drug-likeness (QED) is 0.760. The Kier molecular flexibility index (Phi) is 2.69. The fourth-order valence-electron chi connectivity index (χ4n) is 1.69. The van der Waals surface area contributed by atoms with E-state index in [0.717, 1.165) is 22.6 Å². The first-order valence-electron chi connectivity index (χ1n) is 5.25. The van der Waals surface area contributed by atoms with Gasteiger partial charge in [0.2, 0.25) is 0 Å². The van der Waals surface area contributed by atoms with Gasteiger partial charge in [-0.1, -0.05) is 0 Å². The van der Waals surface area contributed by atoms with Crippen molar-refractivity contribution >= 4 is 11.5 Å². The molecule has 0 unspecified atom stereocenters. The molecule has 0 atom stereocenters. The number of hydrogen-bond donors (Lipinski definition) is 0. The number of rotatable bonds is 2. The third-order valence-corrected chi connectivity index (χ3v) is 2.72. The minimum Gasteiger partial charge on any atom is -0.464 e. The first kappa shape index (κ1) is 10.7. The Labute approximate surface area is 95.3 Å². The number of fused-ring (bicyclic) bond motifs is 1. The molecule has 0 bridgehead atoms. The summed E-state index contributed by atoms with van der Waals surface area (Å²) in [4.78, 5) is 13.3. The molecule has 2 rings (SSSR count). The van der Waals surface area contributed by atoms with Crippen molar-refractivity contribution in [3.05, 3.63) is 35.6 Å². The van der Waals surface area contributed by atoms with Crippen molar-refractivity contribution in [1.82, 2.24) is 0 Å². The molecule has 1 aromatic carbocycles. The second-order valence-electron chi connectivity index (χ2n) is 4.18. The van der Waals surface area contributed by atoms with Crippen molar-refractivity contribution in [2.75, 3.05) is 19.0 Å². The Balaban J connectivity index is 2.33. The predicted octanol–water partition coefficient (Wildman–Crippen LogP) is 2.16. The first-order valence-corrected chi connectivity index (χ1v) is 5.25. The van der Waals surface area contributed by atoms with Gasteiger partial charge in [-0.3, -0.25) is 4.79 Å². The van der Waals surface area contributed by atoms with Crippen LogP contribution in [0.4, 0.5) is 5.69 Å². The average molecular weight is 217 g/mol. The number of hydrogen-bond acceptors (Lipinski definition) is 3. The lowest BCUT2D eigenvalue weighted by atomic mass is 10.00. The highest BCUT2D eigenvalue weighted by Gasteiger charge is 2.16. The number of Topliss-reactive ketones (excluding diaryl/α,β-unsaturated/α-hetero) is 1. The molecule has 0 saturated heterocycles. The van der Waals surface area contributed by atoms with Gasteiger partial charge in [-0.15, -0.1) is 0 Å². The van der Waals surface area contributed by atoms with E-state index in [4.69, 9.17) is 4.74 Å². The van der Waals surface area contributed by atoms with Gasteiger partial charge in [-0.25, -0.2) is 0 Å². The van der Waals surface area contributed by atoms with Gasteiger partial charge in [0.05, 0.1) is 6.26 Å². The number of ether oxygens (including phenoxy) is 1. The van der Waals surface area contributed by atoms with E-state index in [1.54, 1.807) is 13.2 Å². The van der Waals surface area contributed by atoms with Gasteiger partial charge in [-0.2, -0.15) is 0 Å². The van der Waals surface area contributed by atoms with Crippen molar-refractivity contribution in [3.8, 4) is 5.75 Å². The molecule has 1 aromatic rings. The van der Waals surface area contributed by atoms with Crippen LogP contribution < -0.4 is 9.64 Å². The van der Waals surface area contributed by atoms with Crippen LogP contribution in [0.5, 0.6) is 5.75 Å². The summed E-state index contributed by atoms with van der Waals surface area (Å²) in [5.41, 5.74) is 2.91. The van der Waals surface area contributed by atoms with Crippen LogP contribution in [0.1, 0.15) is 12.5 Å². The molecule has 0 aromatic heterocycles. The van der Waals surface area contributed by atoms with Crippen molar-refractivity contribution in [2.24, 2.45) is 0 Å². The molecule has 3 heteroatoms. The maximum Gasteiger partial charge on any atom is 0.159 e. The minimum absolute atomic E-state index is 0.0703. The molecule has 0 spiro atoms. The zero-order chi connectivity index (χ0) is 11.7. The molecule has 1 aliphatic heterocycles. The number of nitrogens with zero attached hydrogens (tertiary/aromatic N) is 1. The van der Waals surface area contributed by atoms with Gasteiger partial charge in [0.15, 0.2) is 5.78 Å². The first-order chi connectivity index (χ1) is 7.58. The lowest BCUT2D eigenvalue weighted by Crippen LogP contribution is -2.12. The zero-order valence-electron chi connectivity index (χ0n) is 9.78. The van der Waals surface area contributed by atoms with E-state index >= 15 is 0 Å². The second kappa shape index (κ2) is 4.00. The predicted molar refractivity (Wildman–Crippen MR) is 63.9 cm³/mol. The SMILES string of the molecule is CC(=O)C1=COc2ccc(N(C)C)cc2C1. The van der Waals surface area contributed by atoms with Gasteiger partial charge >= 0.3 is 0 Å². The van der Waals surface area contributed by atoms with Gasteiger partial charge in [-0.05, 0) is 25.1 Å². The van der Waals surface area contributed by atoms with Crippen molar-refractivity contribution < 1.29 is 9.53 Å². The number of carbonyl (C=O) groups excluding carboxylic acids is 1. The number of anilines is 1. The zero-order valence-corrected chi connectivity index (χ0v) is 9.78. The normalized spacial score (nSPS) is 13.6. The molecule has 16 heavy (non-hydrogen) atoms. The van der Waals surface area contributed by atoms with E-state index < -0.39 is 0 Å². The average Bonchev–Trinajstić information content (AvgIpc) is 2.27. The third kappa shape index (κ3) is 1.94. The highest BCUT2D eigenvalue weighted by atomic mass is 16.5. The third-order valence-electron chi connectivity index (χ3n) is 2.72. The van der Waals surface area contributed by atoms with Gasteiger partial charge in [0.25, 0.3) is 0 Å². The fraction of sp³-hybridized carbons (Fsp3) is 0.308. The van der Waals surface area contributed by atoms with Crippen LogP contribution in [0.2, 0.25) is 0 Å². The van der Waals surface area contributed by atoms with Crippen LogP contribution in [-0.2, 0) is 11.2 Å². The van der Waals surface area contributed by atoms with Gasteiger partial charge < -0.3 is 9.64 Å². The molecule has 3 nitrogen and oxygen atoms in total. The van der Waals surface area contributed by atoms with E-state index in [9.17, 15) is 4.79 Å². The largest absolute Gasteiger partial charge is 0.464 e. The molecule has 1 heterocycles. The van der Waals surface area contributed by atoms with Crippen LogP contribution in [0.3, 0.4) is 0 Å². The van der Waals surface area contributed by atoms with Crippen molar-refractivity contribution in [3.63, 3.8) is 0 Å². The molecule has 1 aliphatic rings. The summed E-state index contributed by atoms with van der Waals surface area (Å²) in [6.07, 6.45) is 2.21. The summed E-state index contributed by atoms with van der Waals surface area (Å²) < 4.78 is 5.43. The van der Waals surface area contributed by atoms with Gasteiger partial charge in [0, 0.05) is 37.3 Å². The summed E-state index contributed by atoms with van der Waals surface area (Å²) in [6.45, 7) is 1.57. The fourth-order valence-corrected chi connectivity index (χ4v) is 1.69. The minimum atomic E-state index is 0.0703. The molecule has 0 saturated carbocycles. The molecule has 0 aliphatic carbocycles. The van der Waals surface area contributed by atoms with E-state index in [1.165, 1.54) is 0 Å². The maximum atomic E-state index is 11.3. The summed E-state index contributed by atoms with van der Waals surface area (Å²) in [7, 11) is 3.99. The summed E-state index contributed by atoms with van der Waals surface area (Å²) in [5.74, 6) is 0.913. The van der Waals surface area contributed by atoms with Crippen LogP contribution in [0.15, 0.2) is 30.0 Å². The summed E-state index contributed by atoms with van der Waals surface area (Å²) >= 11 is 0. The molecular formula is C13H15NO2. The topological polar surface area (TPSA) is 29.5 Å². The Bertz CT molecular complexity index is 461. The number of carbonyl (C=O) groups is 1. The van der Waals surface area contributed by atoms with Crippen LogP contribution in [0, 0.1) is 0 Å². The molecule has 0 radical (unpaired) electrons. The Morgan fingerprint density at radius 2 is 2.12 bits per heavy atom. The molecule has 84 valence electrons. The summed E-state index contributed by atoms with van der Waals surface area (Å²) in [6, 6.07) is 6.01. The van der Waals surface area contributed by atoms with E-state index in [-0.39, 0.29) is 5.78 Å². The molecule has 0 fully saturated rings. The maximum absolute atomic E-state index is 11.3. The Morgan fingerprint density at radius 1 is 1.38 bits per heavy atom.